The molecule has 1 aromatic carbocycles. The molecule has 0 N–H and O–H groups in total. The number of aryl methyl sites for hydroxylation is 1. The fraction of sp³-hybridized carbons (Fsp3) is 0.500. The highest BCUT2D eigenvalue weighted by molar-refractivity contribution is 5.61. The van der Waals surface area contributed by atoms with E-state index in [0.29, 0.717) is 23.6 Å². The van der Waals surface area contributed by atoms with Crippen LogP contribution in [0.3, 0.4) is 0 Å². The standard InChI is InChI=1S/C22H30FNO/c1-3-5-7-9-15-25-19-12-13-20(21(23)16-19)22-14-11-18(17-24-22)10-8-6-4-2/h11-14,16-17H,3-10,15H2,1-2H3. The Morgan fingerprint density at radius 1 is 0.920 bits per heavy atom. The van der Waals surface area contributed by atoms with Gasteiger partial charge in [-0.25, -0.2) is 4.39 Å². The van der Waals surface area contributed by atoms with E-state index in [-0.39, 0.29) is 5.82 Å². The number of rotatable bonds is 11. The Hall–Kier alpha value is -1.90. The maximum Gasteiger partial charge on any atom is 0.136 e. The van der Waals surface area contributed by atoms with Gasteiger partial charge in [-0.2, -0.15) is 0 Å². The van der Waals surface area contributed by atoms with Gasteiger partial charge in [0, 0.05) is 17.8 Å². The first-order chi connectivity index (χ1) is 12.2. The predicted octanol–water partition coefficient (Wildman–Crippen LogP) is 6.58. The van der Waals surface area contributed by atoms with Gasteiger partial charge in [0.05, 0.1) is 12.3 Å². The summed E-state index contributed by atoms with van der Waals surface area (Å²) in [6, 6.07) is 9.01. The first-order valence-electron chi connectivity index (χ1n) is 9.62. The minimum atomic E-state index is -0.280. The minimum absolute atomic E-state index is 0.280. The number of hydrogen-bond acceptors (Lipinski definition) is 2. The molecule has 0 fully saturated rings. The summed E-state index contributed by atoms with van der Waals surface area (Å²) in [7, 11) is 0. The molecule has 0 bridgehead atoms. The van der Waals surface area contributed by atoms with Crippen molar-refractivity contribution < 1.29 is 9.13 Å². The molecular weight excluding hydrogens is 313 g/mol. The zero-order valence-electron chi connectivity index (χ0n) is 15.6. The van der Waals surface area contributed by atoms with Gasteiger partial charge in [-0.1, -0.05) is 52.0 Å². The minimum Gasteiger partial charge on any atom is -0.493 e. The van der Waals surface area contributed by atoms with E-state index < -0.39 is 0 Å². The molecule has 0 amide bonds. The van der Waals surface area contributed by atoms with Gasteiger partial charge in [-0.3, -0.25) is 4.98 Å². The smallest absolute Gasteiger partial charge is 0.136 e. The summed E-state index contributed by atoms with van der Waals surface area (Å²) in [5.74, 6) is 0.311. The van der Waals surface area contributed by atoms with Crippen LogP contribution in [0, 0.1) is 5.82 Å². The van der Waals surface area contributed by atoms with Crippen LogP contribution in [0.5, 0.6) is 5.75 Å². The van der Waals surface area contributed by atoms with E-state index in [1.165, 1.54) is 43.7 Å². The maximum atomic E-state index is 14.4. The van der Waals surface area contributed by atoms with Crippen molar-refractivity contribution in [3.8, 4) is 17.0 Å². The molecule has 2 rings (SSSR count). The van der Waals surface area contributed by atoms with Crippen LogP contribution in [-0.4, -0.2) is 11.6 Å². The average Bonchev–Trinajstić information content (AvgIpc) is 2.63. The lowest BCUT2D eigenvalue weighted by Crippen LogP contribution is -1.98. The first-order valence-corrected chi connectivity index (χ1v) is 9.62. The van der Waals surface area contributed by atoms with Crippen molar-refractivity contribution in [1.82, 2.24) is 4.98 Å². The third-order valence-corrected chi connectivity index (χ3v) is 4.38. The Labute approximate surface area is 151 Å². The van der Waals surface area contributed by atoms with E-state index in [2.05, 4.69) is 24.9 Å². The van der Waals surface area contributed by atoms with Crippen LogP contribution in [0.4, 0.5) is 4.39 Å². The molecule has 0 spiro atoms. The van der Waals surface area contributed by atoms with Crippen molar-refractivity contribution in [3.63, 3.8) is 0 Å². The summed E-state index contributed by atoms with van der Waals surface area (Å²) in [6.07, 6.45) is 11.1. The molecular formula is C22H30FNO. The van der Waals surface area contributed by atoms with Gasteiger partial charge in [0.2, 0.25) is 0 Å². The SMILES string of the molecule is CCCCCCOc1ccc(-c2ccc(CCCCC)cn2)c(F)c1. The van der Waals surface area contributed by atoms with Crippen LogP contribution in [0.1, 0.15) is 64.4 Å². The van der Waals surface area contributed by atoms with Gasteiger partial charge in [0.15, 0.2) is 0 Å². The lowest BCUT2D eigenvalue weighted by atomic mass is 10.1. The number of unbranched alkanes of at least 4 members (excludes halogenated alkanes) is 5. The van der Waals surface area contributed by atoms with Crippen molar-refractivity contribution in [2.75, 3.05) is 6.61 Å². The van der Waals surface area contributed by atoms with E-state index >= 15 is 0 Å². The summed E-state index contributed by atoms with van der Waals surface area (Å²) in [5.41, 5.74) is 2.41. The van der Waals surface area contributed by atoms with Crippen LogP contribution in [0.25, 0.3) is 11.3 Å². The highest BCUT2D eigenvalue weighted by Gasteiger charge is 2.08. The Bertz CT molecular complexity index is 624. The molecule has 3 heteroatoms. The lowest BCUT2D eigenvalue weighted by Gasteiger charge is -2.09. The van der Waals surface area contributed by atoms with E-state index in [4.69, 9.17) is 4.74 Å². The highest BCUT2D eigenvalue weighted by Crippen LogP contribution is 2.25. The molecule has 0 saturated carbocycles. The molecule has 0 saturated heterocycles. The predicted molar refractivity (Wildman–Crippen MR) is 102 cm³/mol. The van der Waals surface area contributed by atoms with Crippen molar-refractivity contribution in [2.45, 2.75) is 65.2 Å². The van der Waals surface area contributed by atoms with Crippen molar-refractivity contribution in [2.24, 2.45) is 0 Å². The Balaban J connectivity index is 1.93. The lowest BCUT2D eigenvalue weighted by molar-refractivity contribution is 0.303. The maximum absolute atomic E-state index is 14.4. The average molecular weight is 343 g/mol. The summed E-state index contributed by atoms with van der Waals surface area (Å²) in [4.78, 5) is 4.43. The Kier molecular flexibility index (Phi) is 8.44. The fourth-order valence-electron chi connectivity index (χ4n) is 2.82. The Morgan fingerprint density at radius 3 is 2.40 bits per heavy atom. The van der Waals surface area contributed by atoms with E-state index in [1.54, 1.807) is 6.07 Å². The van der Waals surface area contributed by atoms with Gasteiger partial charge < -0.3 is 4.74 Å². The van der Waals surface area contributed by atoms with Gasteiger partial charge >= 0.3 is 0 Å². The van der Waals surface area contributed by atoms with Gasteiger partial charge in [-0.05, 0) is 43.0 Å². The quantitative estimate of drug-likeness (QED) is 0.430. The second kappa shape index (κ2) is 10.9. The molecule has 2 nitrogen and oxygen atoms in total. The normalized spacial score (nSPS) is 10.8. The zero-order chi connectivity index (χ0) is 17.9. The Morgan fingerprint density at radius 2 is 1.72 bits per heavy atom. The first kappa shape index (κ1) is 19.4. The van der Waals surface area contributed by atoms with Crippen LogP contribution >= 0.6 is 0 Å². The number of pyridine rings is 1. The zero-order valence-corrected chi connectivity index (χ0v) is 15.6. The van der Waals surface area contributed by atoms with Crippen LogP contribution in [0.15, 0.2) is 36.5 Å². The highest BCUT2D eigenvalue weighted by atomic mass is 19.1. The number of benzene rings is 1. The van der Waals surface area contributed by atoms with E-state index in [1.807, 2.05) is 18.3 Å². The molecule has 2 aromatic rings. The number of nitrogens with zero attached hydrogens (tertiary/aromatic N) is 1. The molecule has 0 unspecified atom stereocenters. The molecule has 0 aliphatic heterocycles. The summed E-state index contributed by atoms with van der Waals surface area (Å²) < 4.78 is 20.0. The number of hydrogen-bond donors (Lipinski definition) is 0. The second-order valence-electron chi connectivity index (χ2n) is 6.56. The van der Waals surface area contributed by atoms with E-state index in [9.17, 15) is 4.39 Å². The van der Waals surface area contributed by atoms with E-state index in [0.717, 1.165) is 19.3 Å². The number of halogens is 1. The largest absolute Gasteiger partial charge is 0.493 e. The van der Waals surface area contributed by atoms with Crippen LogP contribution in [-0.2, 0) is 6.42 Å². The molecule has 136 valence electrons. The molecule has 0 radical (unpaired) electrons. The number of ether oxygens (including phenoxy) is 1. The van der Waals surface area contributed by atoms with Gasteiger partial charge in [0.25, 0.3) is 0 Å². The fourth-order valence-corrected chi connectivity index (χ4v) is 2.82. The van der Waals surface area contributed by atoms with Crippen molar-refractivity contribution in [3.05, 3.63) is 47.9 Å². The van der Waals surface area contributed by atoms with Crippen molar-refractivity contribution >= 4 is 0 Å². The summed E-state index contributed by atoms with van der Waals surface area (Å²) in [5, 5.41) is 0. The molecule has 25 heavy (non-hydrogen) atoms. The molecule has 1 aromatic heterocycles. The summed E-state index contributed by atoms with van der Waals surface area (Å²) in [6.45, 7) is 5.02. The second-order valence-corrected chi connectivity index (χ2v) is 6.56. The molecule has 0 atom stereocenters. The van der Waals surface area contributed by atoms with Crippen LogP contribution in [0.2, 0.25) is 0 Å². The van der Waals surface area contributed by atoms with Gasteiger partial charge in [-0.15, -0.1) is 0 Å². The summed E-state index contributed by atoms with van der Waals surface area (Å²) >= 11 is 0. The number of aromatic nitrogens is 1. The van der Waals surface area contributed by atoms with Crippen LogP contribution < -0.4 is 4.74 Å². The van der Waals surface area contributed by atoms with Gasteiger partial charge in [0.1, 0.15) is 11.6 Å². The molecule has 1 heterocycles. The topological polar surface area (TPSA) is 22.1 Å². The third-order valence-electron chi connectivity index (χ3n) is 4.38. The third kappa shape index (κ3) is 6.49. The molecule has 0 aliphatic carbocycles. The van der Waals surface area contributed by atoms with Crippen molar-refractivity contribution in [1.29, 1.82) is 0 Å². The molecule has 0 aliphatic rings. The monoisotopic (exact) mass is 343 g/mol.